The van der Waals surface area contributed by atoms with E-state index in [1.54, 1.807) is 0 Å². The van der Waals surface area contributed by atoms with E-state index in [0.29, 0.717) is 0 Å². The van der Waals surface area contributed by atoms with Gasteiger partial charge in [0.1, 0.15) is 6.04 Å². The third-order valence-corrected chi connectivity index (χ3v) is 2.35. The number of carboxylic acid groups (broad SMARTS) is 1. The normalized spacial score (nSPS) is 15.0. The maximum Gasteiger partial charge on any atom is 0.460 e. The summed E-state index contributed by atoms with van der Waals surface area (Å²) in [4.78, 5) is 21.6. The zero-order valence-electron chi connectivity index (χ0n) is 10.8. The Balaban J connectivity index is 5.27. The Morgan fingerprint density at radius 1 is 1.05 bits per heavy atom. The molecule has 0 aliphatic heterocycles. The standard InChI is InChI=1S/C10H12F7NO3/c1-4(2)3-5(6(19)20)18-7(21)8(11,12)9(13,14)10(15,16)17/h4-5H,3H2,1-2H3,(H,18,21)(H,19,20)/t5-/m1/s1. The summed E-state index contributed by atoms with van der Waals surface area (Å²) in [5.74, 6) is -18.0. The molecule has 0 spiro atoms. The van der Waals surface area contributed by atoms with Gasteiger partial charge in [-0.05, 0) is 12.3 Å². The van der Waals surface area contributed by atoms with Gasteiger partial charge < -0.3 is 10.4 Å². The molecule has 0 rings (SSSR count). The van der Waals surface area contributed by atoms with E-state index in [-0.39, 0.29) is 0 Å². The van der Waals surface area contributed by atoms with Crippen LogP contribution in [0.25, 0.3) is 0 Å². The topological polar surface area (TPSA) is 66.4 Å². The largest absolute Gasteiger partial charge is 0.480 e. The quantitative estimate of drug-likeness (QED) is 0.737. The second-order valence-corrected chi connectivity index (χ2v) is 4.64. The zero-order chi connectivity index (χ0) is 17.2. The Morgan fingerprint density at radius 2 is 1.48 bits per heavy atom. The molecule has 0 saturated heterocycles. The number of amides is 1. The first-order valence-corrected chi connectivity index (χ1v) is 5.50. The Kier molecular flexibility index (Phi) is 5.61. The van der Waals surface area contributed by atoms with Crippen LogP contribution in [-0.4, -0.2) is 41.0 Å². The van der Waals surface area contributed by atoms with Crippen molar-refractivity contribution in [1.29, 1.82) is 0 Å². The van der Waals surface area contributed by atoms with Gasteiger partial charge in [0.05, 0.1) is 0 Å². The maximum atomic E-state index is 13.0. The van der Waals surface area contributed by atoms with E-state index >= 15 is 0 Å². The first kappa shape index (κ1) is 19.4. The minimum Gasteiger partial charge on any atom is -0.480 e. The SMILES string of the molecule is CC(C)C[C@@H](NC(=O)C(F)(F)C(F)(F)C(F)(F)F)C(=O)O. The number of halogens is 7. The van der Waals surface area contributed by atoms with E-state index in [1.807, 2.05) is 0 Å². The fraction of sp³-hybridized carbons (Fsp3) is 0.800. The Bertz CT molecular complexity index is 406. The minimum absolute atomic E-state index is 0.422. The lowest BCUT2D eigenvalue weighted by molar-refractivity contribution is -0.344. The molecule has 0 radical (unpaired) electrons. The van der Waals surface area contributed by atoms with Gasteiger partial charge in [-0.15, -0.1) is 0 Å². The highest BCUT2D eigenvalue weighted by Gasteiger charge is 2.76. The second-order valence-electron chi connectivity index (χ2n) is 4.64. The van der Waals surface area contributed by atoms with Crippen LogP contribution in [-0.2, 0) is 9.59 Å². The average molecular weight is 327 g/mol. The molecular weight excluding hydrogens is 315 g/mol. The molecule has 21 heavy (non-hydrogen) atoms. The fourth-order valence-corrected chi connectivity index (χ4v) is 1.26. The van der Waals surface area contributed by atoms with Crippen LogP contribution in [0.3, 0.4) is 0 Å². The number of alkyl halides is 7. The van der Waals surface area contributed by atoms with E-state index in [4.69, 9.17) is 5.11 Å². The van der Waals surface area contributed by atoms with Gasteiger partial charge >= 0.3 is 24.0 Å². The summed E-state index contributed by atoms with van der Waals surface area (Å²) in [6.07, 6.45) is -7.08. The number of aliphatic carboxylic acids is 1. The molecule has 0 fully saturated rings. The number of carboxylic acids is 1. The number of carbonyl (C=O) groups is 2. The van der Waals surface area contributed by atoms with Gasteiger partial charge in [0, 0.05) is 0 Å². The summed E-state index contributed by atoms with van der Waals surface area (Å²) in [5, 5.41) is 9.63. The third kappa shape index (κ3) is 4.21. The molecule has 124 valence electrons. The maximum absolute atomic E-state index is 13.0. The van der Waals surface area contributed by atoms with Crippen LogP contribution in [0.5, 0.6) is 0 Å². The van der Waals surface area contributed by atoms with Crippen LogP contribution in [0.15, 0.2) is 0 Å². The van der Waals surface area contributed by atoms with Crippen molar-refractivity contribution < 1.29 is 45.4 Å². The first-order valence-electron chi connectivity index (χ1n) is 5.50. The van der Waals surface area contributed by atoms with Crippen LogP contribution in [0.4, 0.5) is 30.7 Å². The number of carbonyl (C=O) groups excluding carboxylic acids is 1. The van der Waals surface area contributed by atoms with Crippen molar-refractivity contribution in [1.82, 2.24) is 5.32 Å². The van der Waals surface area contributed by atoms with E-state index in [1.165, 1.54) is 13.8 Å². The Hall–Kier alpha value is -1.55. The molecule has 0 unspecified atom stereocenters. The molecule has 0 heterocycles. The Morgan fingerprint density at radius 3 is 1.76 bits per heavy atom. The van der Waals surface area contributed by atoms with Crippen LogP contribution in [0.1, 0.15) is 20.3 Å². The number of hydrogen-bond donors (Lipinski definition) is 2. The van der Waals surface area contributed by atoms with Crippen molar-refractivity contribution in [2.24, 2.45) is 5.92 Å². The van der Waals surface area contributed by atoms with Crippen molar-refractivity contribution in [2.45, 2.75) is 44.3 Å². The van der Waals surface area contributed by atoms with Crippen LogP contribution < -0.4 is 5.32 Å². The summed E-state index contributed by atoms with van der Waals surface area (Å²) < 4.78 is 86.7. The molecule has 2 N–H and O–H groups in total. The molecule has 0 aromatic carbocycles. The van der Waals surface area contributed by atoms with Crippen LogP contribution in [0, 0.1) is 5.92 Å². The monoisotopic (exact) mass is 327 g/mol. The van der Waals surface area contributed by atoms with E-state index < -0.39 is 48.3 Å². The number of nitrogens with one attached hydrogen (secondary N) is 1. The van der Waals surface area contributed by atoms with E-state index in [2.05, 4.69) is 0 Å². The van der Waals surface area contributed by atoms with Gasteiger partial charge in [-0.2, -0.15) is 30.7 Å². The summed E-state index contributed by atoms with van der Waals surface area (Å²) in [6, 6.07) is -2.01. The summed E-state index contributed by atoms with van der Waals surface area (Å²) in [6.45, 7) is 2.87. The lowest BCUT2D eigenvalue weighted by Gasteiger charge is -2.28. The summed E-state index contributed by atoms with van der Waals surface area (Å²) in [5.41, 5.74) is 0. The van der Waals surface area contributed by atoms with Gasteiger partial charge in [0.15, 0.2) is 0 Å². The van der Waals surface area contributed by atoms with Gasteiger partial charge in [-0.25, -0.2) is 4.79 Å². The van der Waals surface area contributed by atoms with Crippen molar-refractivity contribution in [3.05, 3.63) is 0 Å². The number of hydrogen-bond acceptors (Lipinski definition) is 2. The molecule has 0 aliphatic rings. The molecular formula is C10H12F7NO3. The van der Waals surface area contributed by atoms with Gasteiger partial charge in [0.2, 0.25) is 0 Å². The molecule has 0 aromatic heterocycles. The highest BCUT2D eigenvalue weighted by atomic mass is 19.4. The average Bonchev–Trinajstić information content (AvgIpc) is 2.25. The first-order chi connectivity index (χ1) is 9.14. The van der Waals surface area contributed by atoms with E-state index in [0.717, 1.165) is 5.32 Å². The summed E-state index contributed by atoms with van der Waals surface area (Å²) in [7, 11) is 0. The zero-order valence-corrected chi connectivity index (χ0v) is 10.8. The van der Waals surface area contributed by atoms with Crippen molar-refractivity contribution >= 4 is 11.9 Å². The molecule has 11 heteroatoms. The minimum atomic E-state index is -6.66. The van der Waals surface area contributed by atoms with Crippen molar-refractivity contribution in [3.63, 3.8) is 0 Å². The van der Waals surface area contributed by atoms with Gasteiger partial charge in [-0.1, -0.05) is 13.8 Å². The van der Waals surface area contributed by atoms with Gasteiger partial charge in [-0.3, -0.25) is 4.79 Å². The summed E-state index contributed by atoms with van der Waals surface area (Å²) >= 11 is 0. The lowest BCUT2D eigenvalue weighted by Crippen LogP contribution is -2.61. The Labute approximate surface area is 114 Å². The predicted molar refractivity (Wildman–Crippen MR) is 55.0 cm³/mol. The highest BCUT2D eigenvalue weighted by Crippen LogP contribution is 2.46. The predicted octanol–water partition coefficient (Wildman–Crippen LogP) is 2.43. The van der Waals surface area contributed by atoms with Gasteiger partial charge in [0.25, 0.3) is 5.91 Å². The number of rotatable bonds is 6. The molecule has 0 bridgehead atoms. The lowest BCUT2D eigenvalue weighted by atomic mass is 10.0. The van der Waals surface area contributed by atoms with Crippen LogP contribution in [0.2, 0.25) is 0 Å². The molecule has 0 aromatic rings. The highest BCUT2D eigenvalue weighted by molar-refractivity contribution is 5.89. The van der Waals surface area contributed by atoms with Crippen molar-refractivity contribution in [2.75, 3.05) is 0 Å². The molecule has 0 aliphatic carbocycles. The third-order valence-electron chi connectivity index (χ3n) is 2.35. The molecule has 0 saturated carbocycles. The second kappa shape index (κ2) is 6.06. The molecule has 4 nitrogen and oxygen atoms in total. The smallest absolute Gasteiger partial charge is 0.460 e. The van der Waals surface area contributed by atoms with Crippen molar-refractivity contribution in [3.8, 4) is 0 Å². The molecule has 1 atom stereocenters. The fourth-order valence-electron chi connectivity index (χ4n) is 1.26. The molecule has 1 amide bonds. The van der Waals surface area contributed by atoms with Crippen LogP contribution >= 0.6 is 0 Å². The van der Waals surface area contributed by atoms with E-state index in [9.17, 15) is 40.3 Å².